The minimum atomic E-state index is -0.854. The third kappa shape index (κ3) is 3.88. The van der Waals surface area contributed by atoms with Gasteiger partial charge in [0.05, 0.1) is 16.6 Å². The summed E-state index contributed by atoms with van der Waals surface area (Å²) in [5.74, 6) is -1.20. The molecule has 1 aliphatic rings. The summed E-state index contributed by atoms with van der Waals surface area (Å²) in [6, 6.07) is 5.08. The fourth-order valence-electron chi connectivity index (χ4n) is 2.63. The van der Waals surface area contributed by atoms with E-state index in [4.69, 9.17) is 16.7 Å². The molecular formula is C15H19ClN2O3. The van der Waals surface area contributed by atoms with Gasteiger partial charge >= 0.3 is 12.0 Å². The van der Waals surface area contributed by atoms with E-state index in [-0.39, 0.29) is 18.5 Å². The molecule has 1 saturated heterocycles. The number of rotatable bonds is 2. The van der Waals surface area contributed by atoms with Crippen molar-refractivity contribution in [3.63, 3.8) is 0 Å². The number of aliphatic carboxylic acids is 1. The molecule has 2 N–H and O–H groups in total. The summed E-state index contributed by atoms with van der Waals surface area (Å²) < 4.78 is 0. The Bertz CT molecular complexity index is 562. The third-order valence-corrected chi connectivity index (χ3v) is 3.99. The topological polar surface area (TPSA) is 69.6 Å². The van der Waals surface area contributed by atoms with Gasteiger partial charge in [0.2, 0.25) is 0 Å². The summed E-state index contributed by atoms with van der Waals surface area (Å²) in [6.07, 6.45) is 0.602. The molecule has 0 aliphatic carbocycles. The Balaban J connectivity index is 2.08. The van der Waals surface area contributed by atoms with Crippen LogP contribution in [0, 0.1) is 18.8 Å². The van der Waals surface area contributed by atoms with E-state index < -0.39 is 11.9 Å². The highest BCUT2D eigenvalue weighted by molar-refractivity contribution is 6.33. The Morgan fingerprint density at radius 1 is 1.38 bits per heavy atom. The van der Waals surface area contributed by atoms with Gasteiger partial charge in [0.15, 0.2) is 0 Å². The van der Waals surface area contributed by atoms with Crippen LogP contribution in [0.3, 0.4) is 0 Å². The first-order valence-electron chi connectivity index (χ1n) is 6.91. The number of carboxylic acids is 1. The second kappa shape index (κ2) is 6.35. The van der Waals surface area contributed by atoms with Gasteiger partial charge in [-0.25, -0.2) is 4.79 Å². The van der Waals surface area contributed by atoms with Gasteiger partial charge in [-0.15, -0.1) is 0 Å². The number of likely N-dealkylation sites (tertiary alicyclic amines) is 1. The molecule has 21 heavy (non-hydrogen) atoms. The second-order valence-corrected chi connectivity index (χ2v) is 6.10. The normalized spacial score (nSPS) is 22.0. The van der Waals surface area contributed by atoms with E-state index in [2.05, 4.69) is 5.32 Å². The minimum Gasteiger partial charge on any atom is -0.481 e. The summed E-state index contributed by atoms with van der Waals surface area (Å²) >= 11 is 6.06. The number of benzene rings is 1. The largest absolute Gasteiger partial charge is 0.481 e. The maximum absolute atomic E-state index is 12.3. The summed E-state index contributed by atoms with van der Waals surface area (Å²) in [7, 11) is 0. The number of urea groups is 1. The van der Waals surface area contributed by atoms with E-state index >= 15 is 0 Å². The van der Waals surface area contributed by atoms with E-state index in [1.807, 2.05) is 19.9 Å². The molecule has 0 aromatic heterocycles. The molecule has 1 aromatic rings. The molecule has 1 aliphatic heterocycles. The van der Waals surface area contributed by atoms with Crippen molar-refractivity contribution in [1.29, 1.82) is 0 Å². The number of hydrogen-bond donors (Lipinski definition) is 2. The number of carbonyl (C=O) groups is 2. The van der Waals surface area contributed by atoms with Crippen LogP contribution in [0.4, 0.5) is 10.5 Å². The van der Waals surface area contributed by atoms with Crippen LogP contribution in [0.1, 0.15) is 18.9 Å². The van der Waals surface area contributed by atoms with Crippen molar-refractivity contribution in [2.45, 2.75) is 20.3 Å². The fraction of sp³-hybridized carbons (Fsp3) is 0.467. The standard InChI is InChI=1S/C15H19ClN2O3/c1-9-3-4-12(16)13(6-9)17-15(21)18-7-10(2)5-11(8-18)14(19)20/h3-4,6,10-11H,5,7-8H2,1-2H3,(H,17,21)(H,19,20). The van der Waals surface area contributed by atoms with Gasteiger partial charge in [-0.1, -0.05) is 24.6 Å². The van der Waals surface area contributed by atoms with Crippen molar-refractivity contribution in [2.24, 2.45) is 11.8 Å². The van der Waals surface area contributed by atoms with Gasteiger partial charge in [0.25, 0.3) is 0 Å². The number of nitrogens with zero attached hydrogens (tertiary/aromatic N) is 1. The highest BCUT2D eigenvalue weighted by atomic mass is 35.5. The van der Waals surface area contributed by atoms with Crippen LogP contribution in [-0.2, 0) is 4.79 Å². The SMILES string of the molecule is Cc1ccc(Cl)c(NC(=O)N2CC(C)CC(C(=O)O)C2)c1. The average molecular weight is 311 g/mol. The molecule has 2 rings (SSSR count). The molecule has 0 bridgehead atoms. The number of carboxylic acid groups (broad SMARTS) is 1. The van der Waals surface area contributed by atoms with Crippen molar-refractivity contribution in [2.75, 3.05) is 18.4 Å². The molecule has 2 atom stereocenters. The number of piperidine rings is 1. The lowest BCUT2D eigenvalue weighted by Crippen LogP contribution is -2.47. The molecule has 5 nitrogen and oxygen atoms in total. The number of nitrogens with one attached hydrogen (secondary N) is 1. The molecule has 1 fully saturated rings. The lowest BCUT2D eigenvalue weighted by atomic mass is 9.91. The Labute approximate surface area is 128 Å². The molecule has 0 spiro atoms. The summed E-state index contributed by atoms with van der Waals surface area (Å²) in [6.45, 7) is 4.65. The molecular weight excluding hydrogens is 292 g/mol. The Kier molecular flexibility index (Phi) is 4.73. The second-order valence-electron chi connectivity index (χ2n) is 5.69. The number of carbonyl (C=O) groups excluding carboxylic acids is 1. The Morgan fingerprint density at radius 3 is 2.76 bits per heavy atom. The van der Waals surface area contributed by atoms with Gasteiger partial charge in [-0.2, -0.15) is 0 Å². The molecule has 6 heteroatoms. The molecule has 1 heterocycles. The van der Waals surface area contributed by atoms with Gasteiger partial charge in [-0.3, -0.25) is 4.79 Å². The maximum atomic E-state index is 12.3. The summed E-state index contributed by atoms with van der Waals surface area (Å²) in [5.41, 5.74) is 1.54. The van der Waals surface area contributed by atoms with Gasteiger partial charge in [-0.05, 0) is 37.0 Å². The van der Waals surface area contributed by atoms with Crippen LogP contribution in [0.15, 0.2) is 18.2 Å². The van der Waals surface area contributed by atoms with Gasteiger partial charge in [0, 0.05) is 13.1 Å². The maximum Gasteiger partial charge on any atom is 0.321 e. The van der Waals surface area contributed by atoms with Crippen molar-refractivity contribution in [3.05, 3.63) is 28.8 Å². The molecule has 0 saturated carbocycles. The zero-order chi connectivity index (χ0) is 15.6. The van der Waals surface area contributed by atoms with Crippen molar-refractivity contribution in [3.8, 4) is 0 Å². The lowest BCUT2D eigenvalue weighted by molar-refractivity contribution is -0.143. The fourth-order valence-corrected chi connectivity index (χ4v) is 2.79. The first-order chi connectivity index (χ1) is 9.86. The van der Waals surface area contributed by atoms with Crippen molar-refractivity contribution < 1.29 is 14.7 Å². The van der Waals surface area contributed by atoms with Crippen molar-refractivity contribution >= 4 is 29.3 Å². The highest BCUT2D eigenvalue weighted by Gasteiger charge is 2.32. The molecule has 1 aromatic carbocycles. The predicted molar refractivity (Wildman–Crippen MR) is 81.7 cm³/mol. The molecule has 2 unspecified atom stereocenters. The van der Waals surface area contributed by atoms with E-state index in [1.165, 1.54) is 0 Å². The minimum absolute atomic E-state index is 0.165. The number of aryl methyl sites for hydroxylation is 1. The Morgan fingerprint density at radius 2 is 2.10 bits per heavy atom. The van der Waals surface area contributed by atoms with Gasteiger partial charge in [0.1, 0.15) is 0 Å². The first kappa shape index (κ1) is 15.6. The predicted octanol–water partition coefficient (Wildman–Crippen LogP) is 3.22. The molecule has 0 radical (unpaired) electrons. The average Bonchev–Trinajstić information content (AvgIpc) is 2.42. The van der Waals surface area contributed by atoms with E-state index in [1.54, 1.807) is 17.0 Å². The Hall–Kier alpha value is -1.75. The monoisotopic (exact) mass is 310 g/mol. The highest BCUT2D eigenvalue weighted by Crippen LogP contribution is 2.25. The smallest absolute Gasteiger partial charge is 0.321 e. The van der Waals surface area contributed by atoms with Crippen LogP contribution >= 0.6 is 11.6 Å². The zero-order valence-electron chi connectivity index (χ0n) is 12.1. The molecule has 114 valence electrons. The van der Waals surface area contributed by atoms with Crippen LogP contribution in [0.25, 0.3) is 0 Å². The van der Waals surface area contributed by atoms with Crippen molar-refractivity contribution in [1.82, 2.24) is 4.90 Å². The number of hydrogen-bond acceptors (Lipinski definition) is 2. The number of anilines is 1. The van der Waals surface area contributed by atoms with Gasteiger partial charge < -0.3 is 15.3 Å². The first-order valence-corrected chi connectivity index (χ1v) is 7.29. The quantitative estimate of drug-likeness (QED) is 0.881. The summed E-state index contributed by atoms with van der Waals surface area (Å²) in [4.78, 5) is 25.0. The molecule has 2 amide bonds. The zero-order valence-corrected chi connectivity index (χ0v) is 12.9. The number of halogens is 1. The van der Waals surface area contributed by atoms with Crippen LogP contribution < -0.4 is 5.32 Å². The van der Waals surface area contributed by atoms with Crippen LogP contribution in [0.5, 0.6) is 0 Å². The lowest BCUT2D eigenvalue weighted by Gasteiger charge is -2.34. The van der Waals surface area contributed by atoms with E-state index in [9.17, 15) is 9.59 Å². The third-order valence-electron chi connectivity index (χ3n) is 3.66. The van der Waals surface area contributed by atoms with Crippen LogP contribution in [-0.4, -0.2) is 35.1 Å². The summed E-state index contributed by atoms with van der Waals surface area (Å²) in [5, 5.41) is 12.4. The van der Waals surface area contributed by atoms with E-state index in [0.29, 0.717) is 23.7 Å². The van der Waals surface area contributed by atoms with E-state index in [0.717, 1.165) is 5.56 Å². The number of amides is 2. The van der Waals surface area contributed by atoms with Crippen LogP contribution in [0.2, 0.25) is 5.02 Å².